The Hall–Kier alpha value is -1.55. The van der Waals surface area contributed by atoms with Crippen molar-refractivity contribution in [1.29, 1.82) is 10.5 Å². The Morgan fingerprint density at radius 2 is 1.52 bits per heavy atom. The maximum atomic E-state index is 9.45. The predicted molar refractivity (Wildman–Crippen MR) is 94.0 cm³/mol. The van der Waals surface area contributed by atoms with Crippen LogP contribution in [-0.2, 0) is 0 Å². The molecule has 0 aromatic carbocycles. The van der Waals surface area contributed by atoms with E-state index in [0.29, 0.717) is 6.42 Å². The predicted octanol–water partition coefficient (Wildman–Crippen LogP) is 5.38. The summed E-state index contributed by atoms with van der Waals surface area (Å²) in [6.45, 7) is 16.6. The lowest BCUT2D eigenvalue weighted by atomic mass is 9.56. The molecule has 0 amide bonds. The topological polar surface area (TPSA) is 80.2 Å². The largest absolute Gasteiger partial charge is 0.411 e. The van der Waals surface area contributed by atoms with Crippen molar-refractivity contribution in [3.05, 3.63) is 0 Å². The van der Waals surface area contributed by atoms with Crippen LogP contribution in [0.1, 0.15) is 74.7 Å². The maximum Gasteiger partial charge on any atom is 0.0684 e. The summed E-state index contributed by atoms with van der Waals surface area (Å²) in [5.41, 5.74) is -1.00. The summed E-state index contributed by atoms with van der Waals surface area (Å²) in [5, 5.41) is 30.8. The number of nitrogens with zero attached hydrogens (tertiary/aromatic N) is 3. The number of oxime groups is 1. The highest BCUT2D eigenvalue weighted by atomic mass is 16.4. The van der Waals surface area contributed by atoms with Gasteiger partial charge in [0.05, 0.1) is 17.6 Å². The summed E-state index contributed by atoms with van der Waals surface area (Å²) >= 11 is 0. The highest BCUT2D eigenvalue weighted by molar-refractivity contribution is 5.63. The first-order valence-electron chi connectivity index (χ1n) is 8.20. The minimum absolute atomic E-state index is 0.112. The van der Waals surface area contributed by atoms with E-state index in [9.17, 15) is 10.5 Å². The SMILES string of the molecule is CC(C)(C#N)CC(C(C)(C)CC#N)C(C)(C)CC(C)(C)/C=N/O. The van der Waals surface area contributed by atoms with Crippen LogP contribution >= 0.6 is 0 Å². The first-order chi connectivity index (χ1) is 10.2. The molecule has 130 valence electrons. The van der Waals surface area contributed by atoms with E-state index in [1.54, 1.807) is 6.21 Å². The van der Waals surface area contributed by atoms with E-state index in [-0.39, 0.29) is 22.2 Å². The van der Waals surface area contributed by atoms with Crippen molar-refractivity contribution >= 4 is 6.21 Å². The maximum absolute atomic E-state index is 9.45. The van der Waals surface area contributed by atoms with E-state index in [4.69, 9.17) is 5.21 Å². The standard InChI is InChI=1S/C19H33N3O/c1-16(2,13-21)11-15(18(5,6)9-10-20)19(7,8)12-17(3,4)14-22-23/h14-15,23H,9,11-12H2,1-8H3/b22-14+. The molecule has 0 heterocycles. The van der Waals surface area contributed by atoms with Gasteiger partial charge in [0.2, 0.25) is 0 Å². The molecule has 0 bridgehead atoms. The molecule has 0 aliphatic rings. The van der Waals surface area contributed by atoms with Crippen LogP contribution in [0.2, 0.25) is 0 Å². The average molecular weight is 319 g/mol. The van der Waals surface area contributed by atoms with Crippen LogP contribution in [0.25, 0.3) is 0 Å². The van der Waals surface area contributed by atoms with Crippen LogP contribution in [0.4, 0.5) is 0 Å². The molecular formula is C19H33N3O. The Morgan fingerprint density at radius 1 is 1.00 bits per heavy atom. The van der Waals surface area contributed by atoms with E-state index in [1.165, 1.54) is 0 Å². The van der Waals surface area contributed by atoms with Crippen molar-refractivity contribution in [3.63, 3.8) is 0 Å². The normalized spacial score (nSPS) is 15.2. The van der Waals surface area contributed by atoms with Gasteiger partial charge in [-0.1, -0.05) is 41.5 Å². The van der Waals surface area contributed by atoms with Gasteiger partial charge in [0, 0.05) is 18.1 Å². The molecule has 0 saturated heterocycles. The fraction of sp³-hybridized carbons (Fsp3) is 0.842. The third-order valence-electron chi connectivity index (χ3n) is 4.76. The van der Waals surface area contributed by atoms with Crippen molar-refractivity contribution < 1.29 is 5.21 Å². The van der Waals surface area contributed by atoms with E-state index in [2.05, 4.69) is 45.0 Å². The number of hydrogen-bond acceptors (Lipinski definition) is 4. The highest BCUT2D eigenvalue weighted by Crippen LogP contribution is 2.52. The van der Waals surface area contributed by atoms with Crippen molar-refractivity contribution in [3.8, 4) is 12.1 Å². The molecule has 4 heteroatoms. The smallest absolute Gasteiger partial charge is 0.0684 e. The van der Waals surface area contributed by atoms with Crippen molar-refractivity contribution in [2.24, 2.45) is 32.7 Å². The van der Waals surface area contributed by atoms with Gasteiger partial charge in [0.15, 0.2) is 0 Å². The molecule has 0 aromatic heterocycles. The first-order valence-corrected chi connectivity index (χ1v) is 8.20. The van der Waals surface area contributed by atoms with Crippen LogP contribution < -0.4 is 0 Å². The van der Waals surface area contributed by atoms with Gasteiger partial charge in [-0.05, 0) is 43.4 Å². The molecular weight excluding hydrogens is 286 g/mol. The van der Waals surface area contributed by atoms with Crippen LogP contribution in [0.3, 0.4) is 0 Å². The van der Waals surface area contributed by atoms with E-state index < -0.39 is 5.41 Å². The quantitative estimate of drug-likeness (QED) is 0.370. The number of nitriles is 2. The van der Waals surface area contributed by atoms with Crippen molar-refractivity contribution in [2.75, 3.05) is 0 Å². The van der Waals surface area contributed by atoms with Gasteiger partial charge in [0.1, 0.15) is 0 Å². The summed E-state index contributed by atoms with van der Waals surface area (Å²) in [5.74, 6) is 0.190. The monoisotopic (exact) mass is 319 g/mol. The molecule has 1 atom stereocenters. The summed E-state index contributed by atoms with van der Waals surface area (Å²) in [7, 11) is 0. The Bertz CT molecular complexity index is 502. The second kappa shape index (κ2) is 7.35. The van der Waals surface area contributed by atoms with Gasteiger partial charge in [-0.25, -0.2) is 0 Å². The lowest BCUT2D eigenvalue weighted by Crippen LogP contribution is -2.41. The van der Waals surface area contributed by atoms with Crippen LogP contribution in [0.15, 0.2) is 5.16 Å². The van der Waals surface area contributed by atoms with E-state index in [0.717, 1.165) is 12.8 Å². The zero-order chi connectivity index (χ0) is 18.5. The first kappa shape index (κ1) is 21.4. The zero-order valence-corrected chi connectivity index (χ0v) is 16.1. The van der Waals surface area contributed by atoms with Crippen molar-refractivity contribution in [2.45, 2.75) is 74.7 Å². The van der Waals surface area contributed by atoms with Crippen LogP contribution in [0, 0.1) is 50.2 Å². The molecule has 0 aliphatic heterocycles. The summed E-state index contributed by atoms with van der Waals surface area (Å²) in [6.07, 6.45) is 3.57. The van der Waals surface area contributed by atoms with E-state index >= 15 is 0 Å². The molecule has 0 radical (unpaired) electrons. The van der Waals surface area contributed by atoms with Gasteiger partial charge in [-0.2, -0.15) is 10.5 Å². The third-order valence-corrected chi connectivity index (χ3v) is 4.76. The molecule has 0 spiro atoms. The second-order valence-electron chi connectivity index (χ2n) is 9.47. The lowest BCUT2D eigenvalue weighted by molar-refractivity contribution is 0.0237. The minimum Gasteiger partial charge on any atom is -0.411 e. The molecule has 4 nitrogen and oxygen atoms in total. The Balaban J connectivity index is 5.75. The van der Waals surface area contributed by atoms with Gasteiger partial charge in [-0.3, -0.25) is 0 Å². The number of hydrogen-bond donors (Lipinski definition) is 1. The molecule has 1 unspecified atom stereocenters. The lowest BCUT2D eigenvalue weighted by Gasteiger charge is -2.48. The summed E-state index contributed by atoms with van der Waals surface area (Å²) < 4.78 is 0. The molecule has 1 N–H and O–H groups in total. The zero-order valence-electron chi connectivity index (χ0n) is 16.1. The fourth-order valence-corrected chi connectivity index (χ4v) is 3.99. The van der Waals surface area contributed by atoms with Gasteiger partial charge in [0.25, 0.3) is 0 Å². The molecule has 0 aromatic rings. The third kappa shape index (κ3) is 6.61. The van der Waals surface area contributed by atoms with E-state index in [1.807, 2.05) is 27.7 Å². The minimum atomic E-state index is -0.441. The second-order valence-corrected chi connectivity index (χ2v) is 9.47. The Morgan fingerprint density at radius 3 is 1.91 bits per heavy atom. The molecule has 0 saturated carbocycles. The van der Waals surface area contributed by atoms with Crippen LogP contribution in [-0.4, -0.2) is 11.4 Å². The highest BCUT2D eigenvalue weighted by Gasteiger charge is 2.45. The Kier molecular flexibility index (Phi) is 6.85. The Labute approximate surface area is 142 Å². The fourth-order valence-electron chi connectivity index (χ4n) is 3.99. The molecule has 0 aliphatic carbocycles. The van der Waals surface area contributed by atoms with Gasteiger partial charge < -0.3 is 5.21 Å². The molecule has 0 rings (SSSR count). The molecule has 0 fully saturated rings. The summed E-state index contributed by atoms with van der Waals surface area (Å²) in [6, 6.07) is 4.70. The summed E-state index contributed by atoms with van der Waals surface area (Å²) in [4.78, 5) is 0. The number of rotatable bonds is 8. The van der Waals surface area contributed by atoms with Crippen LogP contribution in [0.5, 0.6) is 0 Å². The molecule has 23 heavy (non-hydrogen) atoms. The van der Waals surface area contributed by atoms with Gasteiger partial charge >= 0.3 is 0 Å². The average Bonchev–Trinajstić information content (AvgIpc) is 2.34. The van der Waals surface area contributed by atoms with Crippen molar-refractivity contribution in [1.82, 2.24) is 0 Å². The van der Waals surface area contributed by atoms with Gasteiger partial charge in [-0.15, -0.1) is 5.16 Å².